The van der Waals surface area contributed by atoms with Crippen LogP contribution in [0.25, 0.3) is 0 Å². The second-order valence-electron chi connectivity index (χ2n) is 3.24. The lowest BCUT2D eigenvalue weighted by atomic mass is 10.4. The topological polar surface area (TPSA) is 17.0 Å². The molecule has 1 rings (SSSR count). The maximum Gasteiger partial charge on any atom is 0.0518 e. The van der Waals surface area contributed by atoms with Crippen molar-refractivity contribution in [3.05, 3.63) is 35.7 Å². The fourth-order valence-electron chi connectivity index (χ4n) is 1.13. The van der Waals surface area contributed by atoms with Gasteiger partial charge in [0.2, 0.25) is 0 Å². The van der Waals surface area contributed by atoms with Gasteiger partial charge in [-0.15, -0.1) is 0 Å². The molecule has 66 valence electrons. The quantitative estimate of drug-likeness (QED) is 0.678. The van der Waals surface area contributed by atoms with E-state index in [0.717, 1.165) is 12.1 Å². The van der Waals surface area contributed by atoms with Crippen molar-refractivity contribution in [3.63, 3.8) is 0 Å². The van der Waals surface area contributed by atoms with Crippen LogP contribution in [0.15, 0.2) is 24.3 Å². The number of aryl methyl sites for hydroxylation is 2. The van der Waals surface area contributed by atoms with Crippen molar-refractivity contribution in [3.8, 4) is 0 Å². The molecule has 2 nitrogen and oxygen atoms in total. The minimum absolute atomic E-state index is 0.830. The van der Waals surface area contributed by atoms with Crippen molar-refractivity contribution >= 4 is 0 Å². The van der Waals surface area contributed by atoms with Gasteiger partial charge in [0, 0.05) is 11.4 Å². The number of aromatic nitrogens is 1. The van der Waals surface area contributed by atoms with Crippen molar-refractivity contribution in [2.45, 2.75) is 20.8 Å². The summed E-state index contributed by atoms with van der Waals surface area (Å²) in [5.74, 6) is 0. The van der Waals surface area contributed by atoms with Crippen molar-refractivity contribution in [2.24, 2.45) is 0 Å². The second kappa shape index (κ2) is 3.48. The van der Waals surface area contributed by atoms with Gasteiger partial charge < -0.3 is 5.43 Å². The van der Waals surface area contributed by atoms with Crippen molar-refractivity contribution in [1.29, 1.82) is 0 Å². The van der Waals surface area contributed by atoms with Crippen LogP contribution >= 0.6 is 0 Å². The van der Waals surface area contributed by atoms with Gasteiger partial charge in [0.05, 0.1) is 6.54 Å². The van der Waals surface area contributed by atoms with Crippen LogP contribution in [0.4, 0.5) is 0 Å². The molecule has 0 aliphatic heterocycles. The second-order valence-corrected chi connectivity index (χ2v) is 3.24. The molecule has 0 bridgehead atoms. The standard InChI is InChI=1S/C10H16N2/c1-8(2)7-11-12-9(3)5-6-10(12)4/h5-6,11H,1,7H2,2-4H3. The van der Waals surface area contributed by atoms with E-state index in [0.29, 0.717) is 0 Å². The van der Waals surface area contributed by atoms with E-state index in [1.165, 1.54) is 11.4 Å². The summed E-state index contributed by atoms with van der Waals surface area (Å²) in [7, 11) is 0. The van der Waals surface area contributed by atoms with E-state index in [1.54, 1.807) is 0 Å². The van der Waals surface area contributed by atoms with Crippen LogP contribution in [0.5, 0.6) is 0 Å². The van der Waals surface area contributed by atoms with Gasteiger partial charge in [-0.3, -0.25) is 4.68 Å². The monoisotopic (exact) mass is 164 g/mol. The van der Waals surface area contributed by atoms with E-state index in [9.17, 15) is 0 Å². The molecule has 0 aliphatic rings. The van der Waals surface area contributed by atoms with Crippen LogP contribution in [-0.4, -0.2) is 11.2 Å². The fourth-order valence-corrected chi connectivity index (χ4v) is 1.13. The van der Waals surface area contributed by atoms with E-state index in [1.807, 2.05) is 6.92 Å². The molecule has 1 heterocycles. The predicted octanol–water partition coefficient (Wildman–Crippen LogP) is 2.22. The van der Waals surface area contributed by atoms with Crippen LogP contribution in [0.3, 0.4) is 0 Å². The summed E-state index contributed by atoms with van der Waals surface area (Å²) < 4.78 is 2.08. The van der Waals surface area contributed by atoms with Gasteiger partial charge in [-0.25, -0.2) is 0 Å². The highest BCUT2D eigenvalue weighted by Gasteiger charge is 1.98. The molecule has 1 aromatic rings. The molecule has 1 N–H and O–H groups in total. The minimum Gasteiger partial charge on any atom is -0.322 e. The van der Waals surface area contributed by atoms with Crippen molar-refractivity contribution < 1.29 is 0 Å². The zero-order valence-corrected chi connectivity index (χ0v) is 8.02. The third-order valence-corrected chi connectivity index (χ3v) is 1.81. The molecule has 0 aliphatic carbocycles. The first kappa shape index (κ1) is 8.91. The van der Waals surface area contributed by atoms with Crippen LogP contribution in [0.2, 0.25) is 0 Å². The summed E-state index contributed by atoms with van der Waals surface area (Å²) in [6.07, 6.45) is 0. The SMILES string of the molecule is C=C(C)CNn1c(C)ccc1C. The lowest BCUT2D eigenvalue weighted by molar-refractivity contribution is 0.818. The molecule has 0 spiro atoms. The van der Waals surface area contributed by atoms with Crippen molar-refractivity contribution in [1.82, 2.24) is 4.68 Å². The molecule has 0 radical (unpaired) electrons. The van der Waals surface area contributed by atoms with Crippen LogP contribution in [0.1, 0.15) is 18.3 Å². The highest BCUT2D eigenvalue weighted by Crippen LogP contribution is 2.03. The van der Waals surface area contributed by atoms with Crippen LogP contribution in [0, 0.1) is 13.8 Å². The lowest BCUT2D eigenvalue weighted by Gasteiger charge is -2.11. The first-order chi connectivity index (χ1) is 5.61. The highest BCUT2D eigenvalue weighted by molar-refractivity contribution is 5.16. The third kappa shape index (κ3) is 1.91. The molecule has 0 atom stereocenters. The summed E-state index contributed by atoms with van der Waals surface area (Å²) >= 11 is 0. The molecule has 1 aromatic heterocycles. The predicted molar refractivity (Wildman–Crippen MR) is 52.9 cm³/mol. The van der Waals surface area contributed by atoms with Gasteiger partial charge in [0.15, 0.2) is 0 Å². The van der Waals surface area contributed by atoms with E-state index in [2.05, 4.69) is 42.7 Å². The average molecular weight is 164 g/mol. The van der Waals surface area contributed by atoms with E-state index >= 15 is 0 Å². The molecule has 0 unspecified atom stereocenters. The summed E-state index contributed by atoms with van der Waals surface area (Å²) in [5.41, 5.74) is 6.88. The van der Waals surface area contributed by atoms with Crippen LogP contribution in [-0.2, 0) is 0 Å². The molecular weight excluding hydrogens is 148 g/mol. The Kier molecular flexibility index (Phi) is 2.58. The Hall–Kier alpha value is -1.18. The molecule has 0 amide bonds. The minimum atomic E-state index is 0.830. The summed E-state index contributed by atoms with van der Waals surface area (Å²) in [6, 6.07) is 4.20. The normalized spacial score (nSPS) is 9.92. The molecular formula is C10H16N2. The van der Waals surface area contributed by atoms with Gasteiger partial charge in [-0.05, 0) is 32.9 Å². The maximum absolute atomic E-state index is 3.84. The zero-order chi connectivity index (χ0) is 9.14. The summed E-state index contributed by atoms with van der Waals surface area (Å²) in [4.78, 5) is 0. The summed E-state index contributed by atoms with van der Waals surface area (Å²) in [5, 5.41) is 0. The Morgan fingerprint density at radius 3 is 2.33 bits per heavy atom. The summed E-state index contributed by atoms with van der Waals surface area (Å²) in [6.45, 7) is 10.8. The maximum atomic E-state index is 3.84. The molecule has 2 heteroatoms. The highest BCUT2D eigenvalue weighted by atomic mass is 15.4. The molecule has 0 saturated carbocycles. The van der Waals surface area contributed by atoms with E-state index < -0.39 is 0 Å². The molecule has 0 fully saturated rings. The average Bonchev–Trinajstić information content (AvgIpc) is 2.28. The number of nitrogens with zero attached hydrogens (tertiary/aromatic N) is 1. The largest absolute Gasteiger partial charge is 0.322 e. The van der Waals surface area contributed by atoms with E-state index in [-0.39, 0.29) is 0 Å². The number of hydrogen-bond donors (Lipinski definition) is 1. The van der Waals surface area contributed by atoms with Gasteiger partial charge >= 0.3 is 0 Å². The Bertz CT molecular complexity index is 265. The molecule has 0 saturated heterocycles. The van der Waals surface area contributed by atoms with Crippen molar-refractivity contribution in [2.75, 3.05) is 12.0 Å². The van der Waals surface area contributed by atoms with Gasteiger partial charge in [0.1, 0.15) is 0 Å². The Morgan fingerprint density at radius 2 is 1.92 bits per heavy atom. The van der Waals surface area contributed by atoms with Crippen LogP contribution < -0.4 is 5.43 Å². The number of nitrogens with one attached hydrogen (secondary N) is 1. The van der Waals surface area contributed by atoms with Gasteiger partial charge in [0.25, 0.3) is 0 Å². The Labute approximate surface area is 73.9 Å². The number of hydrogen-bond acceptors (Lipinski definition) is 1. The Balaban J connectivity index is 2.68. The van der Waals surface area contributed by atoms with Gasteiger partial charge in [-0.2, -0.15) is 0 Å². The smallest absolute Gasteiger partial charge is 0.0518 e. The number of rotatable bonds is 3. The zero-order valence-electron chi connectivity index (χ0n) is 8.02. The molecule has 0 aromatic carbocycles. The first-order valence-corrected chi connectivity index (χ1v) is 4.14. The fraction of sp³-hybridized carbons (Fsp3) is 0.400. The van der Waals surface area contributed by atoms with Gasteiger partial charge in [-0.1, -0.05) is 12.2 Å². The third-order valence-electron chi connectivity index (χ3n) is 1.81. The Morgan fingerprint density at radius 1 is 1.42 bits per heavy atom. The van der Waals surface area contributed by atoms with E-state index in [4.69, 9.17) is 0 Å². The molecule has 12 heavy (non-hydrogen) atoms. The lowest BCUT2D eigenvalue weighted by Crippen LogP contribution is -2.18. The first-order valence-electron chi connectivity index (χ1n) is 4.14.